The number of imidazole rings is 1. The lowest BCUT2D eigenvalue weighted by Crippen LogP contribution is -2.36. The normalized spacial score (nSPS) is 14.4. The van der Waals surface area contributed by atoms with E-state index >= 15 is 0 Å². The van der Waals surface area contributed by atoms with Gasteiger partial charge in [0.15, 0.2) is 5.76 Å². The number of amides is 1. The maximum absolute atomic E-state index is 12.4. The van der Waals surface area contributed by atoms with Crippen molar-refractivity contribution < 1.29 is 9.21 Å². The first-order valence-corrected chi connectivity index (χ1v) is 9.67. The summed E-state index contributed by atoms with van der Waals surface area (Å²) >= 11 is 0. The van der Waals surface area contributed by atoms with Gasteiger partial charge in [-0.1, -0.05) is 13.8 Å². The molecule has 0 radical (unpaired) electrons. The maximum Gasteiger partial charge on any atom is 0.287 e. The minimum atomic E-state index is -0.232. The van der Waals surface area contributed by atoms with Crippen LogP contribution in [0.1, 0.15) is 41.6 Å². The molecule has 1 aliphatic rings. The van der Waals surface area contributed by atoms with Crippen molar-refractivity contribution in [2.24, 2.45) is 5.92 Å². The lowest BCUT2D eigenvalue weighted by Gasteiger charge is -2.28. The van der Waals surface area contributed by atoms with Crippen LogP contribution in [0.15, 0.2) is 41.3 Å². The Balaban J connectivity index is 1.32. The van der Waals surface area contributed by atoms with Crippen molar-refractivity contribution in [2.45, 2.75) is 40.0 Å². The van der Waals surface area contributed by atoms with Crippen molar-refractivity contribution in [1.82, 2.24) is 29.5 Å². The van der Waals surface area contributed by atoms with Crippen LogP contribution in [0.2, 0.25) is 0 Å². The zero-order chi connectivity index (χ0) is 19.5. The van der Waals surface area contributed by atoms with Crippen molar-refractivity contribution in [3.05, 3.63) is 59.8 Å². The predicted octanol–water partition coefficient (Wildman–Crippen LogP) is 2.12. The van der Waals surface area contributed by atoms with Crippen LogP contribution >= 0.6 is 0 Å². The Bertz CT molecular complexity index is 925. The summed E-state index contributed by atoms with van der Waals surface area (Å²) in [5.74, 6) is 1.44. The first kappa shape index (κ1) is 18.5. The van der Waals surface area contributed by atoms with Gasteiger partial charge in [-0.15, -0.1) is 0 Å². The van der Waals surface area contributed by atoms with Crippen molar-refractivity contribution in [3.8, 4) is 0 Å². The second-order valence-corrected chi connectivity index (χ2v) is 7.66. The van der Waals surface area contributed by atoms with Crippen LogP contribution in [0, 0.1) is 5.92 Å². The van der Waals surface area contributed by atoms with Gasteiger partial charge in [-0.2, -0.15) is 5.10 Å². The fourth-order valence-electron chi connectivity index (χ4n) is 3.54. The second-order valence-electron chi connectivity index (χ2n) is 7.66. The van der Waals surface area contributed by atoms with E-state index < -0.39 is 0 Å². The highest BCUT2D eigenvalue weighted by Gasteiger charge is 2.19. The van der Waals surface area contributed by atoms with Gasteiger partial charge >= 0.3 is 0 Å². The van der Waals surface area contributed by atoms with Crippen LogP contribution < -0.4 is 5.32 Å². The van der Waals surface area contributed by atoms with E-state index in [4.69, 9.17) is 4.42 Å². The van der Waals surface area contributed by atoms with Crippen LogP contribution in [0.4, 0.5) is 0 Å². The summed E-state index contributed by atoms with van der Waals surface area (Å²) in [7, 11) is 0. The number of nitrogens with one attached hydrogen (secondary N) is 1. The van der Waals surface area contributed by atoms with Gasteiger partial charge in [-0.3, -0.25) is 14.4 Å². The number of aromatic nitrogens is 4. The summed E-state index contributed by atoms with van der Waals surface area (Å²) in [5.41, 5.74) is 2.08. The average Bonchev–Trinajstić information content (AvgIpc) is 3.40. The van der Waals surface area contributed by atoms with Crippen LogP contribution in [0.25, 0.3) is 0 Å². The monoisotopic (exact) mass is 382 g/mol. The lowest BCUT2D eigenvalue weighted by atomic mass is 10.2. The van der Waals surface area contributed by atoms with E-state index in [1.807, 2.05) is 16.8 Å². The number of carbonyl (C=O) groups excluding carboxylic acids is 1. The number of hydrogen-bond acceptors (Lipinski definition) is 5. The third-order valence-electron chi connectivity index (χ3n) is 4.76. The van der Waals surface area contributed by atoms with E-state index in [1.54, 1.807) is 18.6 Å². The molecule has 148 valence electrons. The van der Waals surface area contributed by atoms with Crippen molar-refractivity contribution in [1.29, 1.82) is 0 Å². The molecule has 0 spiro atoms. The molecule has 8 nitrogen and oxygen atoms in total. The van der Waals surface area contributed by atoms with Gasteiger partial charge in [-0.05, 0) is 24.1 Å². The fourth-order valence-corrected chi connectivity index (χ4v) is 3.54. The summed E-state index contributed by atoms with van der Waals surface area (Å²) in [6.45, 7) is 9.34. The van der Waals surface area contributed by atoms with Gasteiger partial charge in [0.2, 0.25) is 0 Å². The molecule has 0 unspecified atom stereocenters. The Morgan fingerprint density at radius 3 is 3.00 bits per heavy atom. The molecule has 28 heavy (non-hydrogen) atoms. The zero-order valence-corrected chi connectivity index (χ0v) is 16.3. The summed E-state index contributed by atoms with van der Waals surface area (Å²) < 4.78 is 9.58. The van der Waals surface area contributed by atoms with Gasteiger partial charge in [0.1, 0.15) is 5.76 Å². The molecule has 4 heterocycles. The molecule has 0 bridgehead atoms. The van der Waals surface area contributed by atoms with Crippen molar-refractivity contribution in [2.75, 3.05) is 13.1 Å². The molecular weight excluding hydrogens is 356 g/mol. The van der Waals surface area contributed by atoms with Gasteiger partial charge in [-0.25, -0.2) is 4.98 Å². The molecule has 3 aromatic heterocycles. The number of fused-ring (bicyclic) bond motifs is 1. The summed E-state index contributed by atoms with van der Waals surface area (Å²) in [6.07, 6.45) is 5.28. The quantitative estimate of drug-likeness (QED) is 0.677. The molecule has 0 saturated heterocycles. The highest BCUT2D eigenvalue weighted by Crippen LogP contribution is 2.15. The Morgan fingerprint density at radius 1 is 1.32 bits per heavy atom. The lowest BCUT2D eigenvalue weighted by molar-refractivity contribution is 0.0920. The van der Waals surface area contributed by atoms with Gasteiger partial charge in [0, 0.05) is 32.0 Å². The molecule has 1 N–H and O–H groups in total. The molecule has 1 amide bonds. The number of furan rings is 1. The summed E-state index contributed by atoms with van der Waals surface area (Å²) in [5, 5.41) is 7.52. The van der Waals surface area contributed by atoms with Crippen LogP contribution in [-0.2, 0) is 26.2 Å². The Kier molecular flexibility index (Phi) is 5.29. The smallest absolute Gasteiger partial charge is 0.287 e. The number of nitrogens with zero attached hydrogens (tertiary/aromatic N) is 5. The Labute approximate surface area is 164 Å². The van der Waals surface area contributed by atoms with Gasteiger partial charge in [0.25, 0.3) is 5.91 Å². The van der Waals surface area contributed by atoms with E-state index in [-0.39, 0.29) is 5.91 Å². The van der Waals surface area contributed by atoms with E-state index in [2.05, 4.69) is 44.9 Å². The molecule has 0 saturated carbocycles. The topological polar surface area (TPSA) is 81.1 Å². The molecule has 1 aliphatic heterocycles. The van der Waals surface area contributed by atoms with E-state index in [9.17, 15) is 4.79 Å². The van der Waals surface area contributed by atoms with Gasteiger partial charge < -0.3 is 14.3 Å². The second kappa shape index (κ2) is 8.02. The minimum Gasteiger partial charge on any atom is -0.454 e. The molecule has 0 atom stereocenters. The number of rotatable bonds is 7. The van der Waals surface area contributed by atoms with Crippen LogP contribution in [0.5, 0.6) is 0 Å². The zero-order valence-electron chi connectivity index (χ0n) is 16.3. The third kappa shape index (κ3) is 4.33. The first-order chi connectivity index (χ1) is 13.6. The molecular formula is C20H26N6O2. The van der Waals surface area contributed by atoms with Crippen molar-refractivity contribution >= 4 is 5.91 Å². The molecule has 0 aliphatic carbocycles. The highest BCUT2D eigenvalue weighted by atomic mass is 16.4. The Hall–Kier alpha value is -2.87. The fraction of sp³-hybridized carbons (Fsp3) is 0.450. The highest BCUT2D eigenvalue weighted by molar-refractivity contribution is 5.91. The number of hydrogen-bond donors (Lipinski definition) is 1. The minimum absolute atomic E-state index is 0.232. The van der Waals surface area contributed by atoms with Crippen LogP contribution in [0.3, 0.4) is 0 Å². The molecule has 3 aromatic rings. The first-order valence-electron chi connectivity index (χ1n) is 9.67. The van der Waals surface area contributed by atoms with E-state index in [1.165, 1.54) is 5.69 Å². The molecule has 8 heteroatoms. The van der Waals surface area contributed by atoms with Crippen LogP contribution in [-0.4, -0.2) is 43.2 Å². The largest absolute Gasteiger partial charge is 0.454 e. The summed E-state index contributed by atoms with van der Waals surface area (Å²) in [4.78, 5) is 18.8. The van der Waals surface area contributed by atoms with E-state index in [0.29, 0.717) is 30.5 Å². The summed E-state index contributed by atoms with van der Waals surface area (Å²) in [6, 6.07) is 5.59. The predicted molar refractivity (Wildman–Crippen MR) is 104 cm³/mol. The third-order valence-corrected chi connectivity index (χ3v) is 4.76. The Morgan fingerprint density at radius 2 is 2.21 bits per heavy atom. The van der Waals surface area contributed by atoms with E-state index in [0.717, 1.165) is 31.9 Å². The maximum atomic E-state index is 12.4. The average molecular weight is 382 g/mol. The standard InChI is InChI=1S/C20H26N6O2/c1-15(2)11-24-7-8-26-17(12-24)9-16(23-26)10-22-20(27)19-4-3-18(28-19)13-25-6-5-21-14-25/h3-6,9,14-15H,7-8,10-13H2,1-2H3,(H,22,27). The molecule has 4 rings (SSSR count). The molecule has 0 aromatic carbocycles. The SMILES string of the molecule is CC(C)CN1CCn2nc(CNC(=O)c3ccc(Cn4ccnc4)o3)cc2C1. The van der Waals surface area contributed by atoms with Gasteiger partial charge in [0.05, 0.1) is 37.3 Å². The molecule has 0 fully saturated rings. The number of carbonyl (C=O) groups is 1. The van der Waals surface area contributed by atoms with Crippen molar-refractivity contribution in [3.63, 3.8) is 0 Å².